The lowest BCUT2D eigenvalue weighted by atomic mass is 9.85. The molecule has 1 aromatic carbocycles. The monoisotopic (exact) mass is 397 g/mol. The molecule has 0 spiro atoms. The lowest BCUT2D eigenvalue weighted by molar-refractivity contribution is -0.150. The molecule has 0 saturated heterocycles. The molecule has 0 N–H and O–H groups in total. The van der Waals surface area contributed by atoms with E-state index < -0.39 is 5.54 Å². The van der Waals surface area contributed by atoms with Gasteiger partial charge >= 0.3 is 5.97 Å². The maximum atomic E-state index is 13.1. The standard InChI is InChI=1S/C19H21Cl2NO4/c1-19(2)16(26-18(24)11-5-4-6-11)15(17(23)22(19)10-25-3)13-8-7-12(20)9-14(13)21/h7-9,11H,4-6,10H2,1-3H3. The molecule has 1 saturated carbocycles. The Morgan fingerprint density at radius 3 is 2.54 bits per heavy atom. The van der Waals surface area contributed by atoms with Gasteiger partial charge in [0.1, 0.15) is 12.5 Å². The van der Waals surface area contributed by atoms with Gasteiger partial charge in [-0.05, 0) is 38.8 Å². The summed E-state index contributed by atoms with van der Waals surface area (Å²) in [6, 6.07) is 4.89. The van der Waals surface area contributed by atoms with Gasteiger partial charge in [0.25, 0.3) is 5.91 Å². The van der Waals surface area contributed by atoms with Crippen molar-refractivity contribution in [3.63, 3.8) is 0 Å². The van der Waals surface area contributed by atoms with Gasteiger partial charge in [0.15, 0.2) is 0 Å². The van der Waals surface area contributed by atoms with Crippen LogP contribution in [-0.2, 0) is 19.1 Å². The first kappa shape index (κ1) is 19.2. The summed E-state index contributed by atoms with van der Waals surface area (Å²) in [5.74, 6) is -0.390. The number of hydrogen-bond acceptors (Lipinski definition) is 4. The number of esters is 1. The van der Waals surface area contributed by atoms with E-state index >= 15 is 0 Å². The minimum Gasteiger partial charge on any atom is -0.427 e. The van der Waals surface area contributed by atoms with Crippen molar-refractivity contribution < 1.29 is 19.1 Å². The lowest BCUT2D eigenvalue weighted by Crippen LogP contribution is -2.45. The molecule has 1 fully saturated rings. The van der Waals surface area contributed by atoms with E-state index in [9.17, 15) is 9.59 Å². The number of amides is 1. The molecule has 1 aliphatic heterocycles. The Hall–Kier alpha value is -1.56. The normalized spacial score (nSPS) is 19.7. The summed E-state index contributed by atoms with van der Waals surface area (Å²) < 4.78 is 10.9. The lowest BCUT2D eigenvalue weighted by Gasteiger charge is -2.33. The van der Waals surface area contributed by atoms with E-state index in [0.29, 0.717) is 21.4 Å². The highest BCUT2D eigenvalue weighted by molar-refractivity contribution is 6.38. The van der Waals surface area contributed by atoms with Crippen LogP contribution >= 0.6 is 23.2 Å². The van der Waals surface area contributed by atoms with Crippen LogP contribution in [0.15, 0.2) is 24.0 Å². The highest BCUT2D eigenvalue weighted by Crippen LogP contribution is 2.43. The first-order valence-corrected chi connectivity index (χ1v) is 9.25. The summed E-state index contributed by atoms with van der Waals surface area (Å²) in [5.41, 5.74) is -0.0734. The maximum absolute atomic E-state index is 13.1. The Morgan fingerprint density at radius 2 is 2.00 bits per heavy atom. The van der Waals surface area contributed by atoms with Gasteiger partial charge in [-0.2, -0.15) is 0 Å². The summed E-state index contributed by atoms with van der Waals surface area (Å²) in [7, 11) is 1.51. The molecule has 26 heavy (non-hydrogen) atoms. The van der Waals surface area contributed by atoms with Crippen LogP contribution in [0.2, 0.25) is 10.0 Å². The van der Waals surface area contributed by atoms with Gasteiger partial charge in [-0.25, -0.2) is 0 Å². The van der Waals surface area contributed by atoms with Crippen molar-refractivity contribution in [1.29, 1.82) is 0 Å². The van der Waals surface area contributed by atoms with E-state index in [1.807, 2.05) is 13.8 Å². The van der Waals surface area contributed by atoms with E-state index in [2.05, 4.69) is 0 Å². The average molecular weight is 398 g/mol. The Labute approximate surface area is 162 Å². The van der Waals surface area contributed by atoms with Crippen LogP contribution in [0.1, 0.15) is 38.7 Å². The third kappa shape index (κ3) is 3.24. The zero-order valence-electron chi connectivity index (χ0n) is 15.0. The molecule has 0 aromatic heterocycles. The van der Waals surface area contributed by atoms with Crippen molar-refractivity contribution in [2.24, 2.45) is 5.92 Å². The second-order valence-electron chi connectivity index (χ2n) is 7.09. The van der Waals surface area contributed by atoms with Gasteiger partial charge in [0.2, 0.25) is 0 Å². The van der Waals surface area contributed by atoms with Crippen molar-refractivity contribution in [3.05, 3.63) is 39.6 Å². The van der Waals surface area contributed by atoms with Crippen LogP contribution in [0, 0.1) is 5.92 Å². The van der Waals surface area contributed by atoms with Gasteiger partial charge in [0.05, 0.1) is 22.1 Å². The third-order valence-corrected chi connectivity index (χ3v) is 5.56. The number of halogens is 2. The predicted molar refractivity (Wildman–Crippen MR) is 99.6 cm³/mol. The van der Waals surface area contributed by atoms with E-state index in [-0.39, 0.29) is 30.1 Å². The predicted octanol–water partition coefficient (Wildman–Crippen LogP) is 4.27. The first-order valence-electron chi connectivity index (χ1n) is 8.50. The molecule has 7 heteroatoms. The van der Waals surface area contributed by atoms with Crippen LogP contribution in [0.5, 0.6) is 0 Å². The van der Waals surface area contributed by atoms with Crippen LogP contribution in [0.25, 0.3) is 5.57 Å². The van der Waals surface area contributed by atoms with Crippen molar-refractivity contribution in [2.45, 2.75) is 38.6 Å². The minimum atomic E-state index is -0.842. The molecule has 1 heterocycles. The number of carbonyl (C=O) groups is 2. The highest BCUT2D eigenvalue weighted by Gasteiger charge is 2.49. The summed E-state index contributed by atoms with van der Waals surface area (Å²) in [4.78, 5) is 27.1. The summed E-state index contributed by atoms with van der Waals surface area (Å²) in [5, 5.41) is 0.791. The first-order chi connectivity index (χ1) is 12.3. The Balaban J connectivity index is 2.09. The van der Waals surface area contributed by atoms with Crippen molar-refractivity contribution in [3.8, 4) is 0 Å². The second kappa shape index (κ2) is 7.22. The molecule has 1 aromatic rings. The van der Waals surface area contributed by atoms with Crippen molar-refractivity contribution in [2.75, 3.05) is 13.8 Å². The number of nitrogens with zero attached hydrogens (tertiary/aromatic N) is 1. The van der Waals surface area contributed by atoms with Crippen LogP contribution in [0.4, 0.5) is 0 Å². The zero-order valence-corrected chi connectivity index (χ0v) is 16.5. The molecule has 0 atom stereocenters. The fraction of sp³-hybridized carbons (Fsp3) is 0.474. The molecule has 0 unspecified atom stereocenters. The summed E-state index contributed by atoms with van der Waals surface area (Å²) in [6.07, 6.45) is 2.66. The van der Waals surface area contributed by atoms with Crippen LogP contribution in [-0.4, -0.2) is 36.2 Å². The number of methoxy groups -OCH3 is 1. The van der Waals surface area contributed by atoms with Gasteiger partial charge < -0.3 is 14.4 Å². The topological polar surface area (TPSA) is 55.8 Å². The Bertz CT molecular complexity index is 784. The highest BCUT2D eigenvalue weighted by atomic mass is 35.5. The quantitative estimate of drug-likeness (QED) is 0.695. The summed E-state index contributed by atoms with van der Waals surface area (Å²) >= 11 is 12.3. The molecule has 140 valence electrons. The fourth-order valence-corrected chi connectivity index (χ4v) is 3.70. The summed E-state index contributed by atoms with van der Waals surface area (Å²) in [6.45, 7) is 3.72. The van der Waals surface area contributed by atoms with Gasteiger partial charge in [-0.3, -0.25) is 9.59 Å². The van der Waals surface area contributed by atoms with E-state index in [4.69, 9.17) is 32.7 Å². The van der Waals surface area contributed by atoms with E-state index in [0.717, 1.165) is 19.3 Å². The smallest absolute Gasteiger partial charge is 0.314 e. The minimum absolute atomic E-state index is 0.0744. The van der Waals surface area contributed by atoms with Gasteiger partial charge in [0, 0.05) is 17.7 Å². The molecule has 1 amide bonds. The molecular weight excluding hydrogens is 377 g/mol. The Morgan fingerprint density at radius 1 is 1.31 bits per heavy atom. The molecular formula is C19H21Cl2NO4. The van der Waals surface area contributed by atoms with E-state index in [1.165, 1.54) is 12.0 Å². The number of ether oxygens (including phenoxy) is 2. The van der Waals surface area contributed by atoms with Gasteiger partial charge in [-0.15, -0.1) is 0 Å². The SMILES string of the molecule is COCN1C(=O)C(c2ccc(Cl)cc2Cl)=C(OC(=O)C2CCC2)C1(C)C. The second-order valence-corrected chi connectivity index (χ2v) is 7.93. The molecule has 0 bridgehead atoms. The number of benzene rings is 1. The number of carbonyl (C=O) groups excluding carboxylic acids is 2. The molecule has 3 rings (SSSR count). The van der Waals surface area contributed by atoms with Crippen LogP contribution in [0.3, 0.4) is 0 Å². The number of rotatable bonds is 5. The molecule has 5 nitrogen and oxygen atoms in total. The maximum Gasteiger partial charge on any atom is 0.314 e. The van der Waals surface area contributed by atoms with Crippen molar-refractivity contribution in [1.82, 2.24) is 4.90 Å². The van der Waals surface area contributed by atoms with E-state index in [1.54, 1.807) is 18.2 Å². The molecule has 2 aliphatic rings. The van der Waals surface area contributed by atoms with Crippen LogP contribution < -0.4 is 0 Å². The molecule has 1 aliphatic carbocycles. The van der Waals surface area contributed by atoms with Crippen molar-refractivity contribution >= 4 is 40.7 Å². The number of hydrogen-bond donors (Lipinski definition) is 0. The zero-order chi connectivity index (χ0) is 19.1. The average Bonchev–Trinajstić information content (AvgIpc) is 2.67. The largest absolute Gasteiger partial charge is 0.427 e. The fourth-order valence-electron chi connectivity index (χ4n) is 3.20. The third-order valence-electron chi connectivity index (χ3n) is 5.02. The molecule has 0 radical (unpaired) electrons. The van der Waals surface area contributed by atoms with Gasteiger partial charge in [-0.1, -0.05) is 35.7 Å². The Kier molecular flexibility index (Phi) is 5.33.